The monoisotopic (exact) mass is 466 g/mol. The van der Waals surface area contributed by atoms with Gasteiger partial charge >= 0.3 is 5.97 Å². The number of aryl methyl sites for hydroxylation is 2. The number of carbonyl (C=O) groups excluding carboxylic acids is 1. The average molecular weight is 466 g/mol. The van der Waals surface area contributed by atoms with Gasteiger partial charge in [-0.1, -0.05) is 19.0 Å². The molecule has 0 aliphatic heterocycles. The van der Waals surface area contributed by atoms with Crippen LogP contribution in [0.5, 0.6) is 0 Å². The molecule has 1 aromatic rings. The van der Waals surface area contributed by atoms with Gasteiger partial charge in [0.1, 0.15) is 5.76 Å². The molecule has 0 spiro atoms. The Kier molecular flexibility index (Phi) is 13.2. The first-order chi connectivity index (χ1) is 11.7. The van der Waals surface area contributed by atoms with E-state index in [1.807, 2.05) is 6.92 Å². The molecule has 0 bridgehead atoms. The minimum absolute atomic E-state index is 0. The smallest absolute Gasteiger partial charge is 0.305 e. The fraction of sp³-hybridized carbons (Fsp3) is 0.706. The minimum atomic E-state index is -0.165. The fourth-order valence-corrected chi connectivity index (χ4v) is 2.32. The van der Waals surface area contributed by atoms with Crippen molar-refractivity contribution in [2.24, 2.45) is 4.99 Å². The molecule has 8 heteroatoms. The number of hydrogen-bond donors (Lipinski definition) is 2. The molecule has 0 saturated carbocycles. The molecule has 0 aliphatic rings. The van der Waals surface area contributed by atoms with Crippen LogP contribution < -0.4 is 10.6 Å². The number of hydrogen-bond acceptors (Lipinski definition) is 5. The van der Waals surface area contributed by atoms with E-state index in [9.17, 15) is 4.79 Å². The van der Waals surface area contributed by atoms with E-state index in [-0.39, 0.29) is 29.9 Å². The molecule has 0 unspecified atom stereocenters. The molecular weight excluding hydrogens is 435 g/mol. The molecule has 0 fully saturated rings. The molecule has 144 valence electrons. The van der Waals surface area contributed by atoms with Crippen LogP contribution in [0.4, 0.5) is 0 Å². The Bertz CT molecular complexity index is 510. The number of nitrogens with zero attached hydrogens (tertiary/aromatic N) is 2. The Labute approximate surface area is 167 Å². The molecule has 0 aromatic carbocycles. The molecule has 1 aromatic heterocycles. The summed E-state index contributed by atoms with van der Waals surface area (Å²) in [5.74, 6) is 1.51. The number of guanidine groups is 1. The van der Waals surface area contributed by atoms with E-state index in [0.717, 1.165) is 61.7 Å². The predicted octanol–water partition coefficient (Wildman–Crippen LogP) is 2.82. The number of halogens is 1. The number of aromatic nitrogens is 1. The summed E-state index contributed by atoms with van der Waals surface area (Å²) in [5, 5.41) is 10.6. The van der Waals surface area contributed by atoms with Crippen LogP contribution in [0.2, 0.25) is 0 Å². The highest BCUT2D eigenvalue weighted by Crippen LogP contribution is 2.16. The van der Waals surface area contributed by atoms with Crippen LogP contribution in [-0.4, -0.2) is 37.3 Å². The van der Waals surface area contributed by atoms with E-state index in [0.29, 0.717) is 13.0 Å². The summed E-state index contributed by atoms with van der Waals surface area (Å²) in [5.41, 5.74) is 2.06. The third kappa shape index (κ3) is 8.55. The fourth-order valence-electron chi connectivity index (χ4n) is 2.32. The molecule has 0 amide bonds. The molecule has 7 nitrogen and oxygen atoms in total. The number of nitrogens with one attached hydrogen (secondary N) is 2. The molecule has 1 rings (SSSR count). The van der Waals surface area contributed by atoms with E-state index < -0.39 is 0 Å². The first-order valence-electron chi connectivity index (χ1n) is 8.71. The van der Waals surface area contributed by atoms with Gasteiger partial charge in [0.2, 0.25) is 0 Å². The van der Waals surface area contributed by atoms with Crippen molar-refractivity contribution in [3.05, 3.63) is 17.0 Å². The minimum Gasteiger partial charge on any atom is -0.469 e. The summed E-state index contributed by atoms with van der Waals surface area (Å²) < 4.78 is 10.0. The number of ether oxygens (including phenoxy) is 1. The maximum Gasteiger partial charge on any atom is 0.305 e. The zero-order chi connectivity index (χ0) is 17.8. The summed E-state index contributed by atoms with van der Waals surface area (Å²) in [6.07, 6.45) is 3.78. The van der Waals surface area contributed by atoms with Gasteiger partial charge in [0.05, 0.1) is 19.3 Å². The van der Waals surface area contributed by atoms with Gasteiger partial charge in [-0.3, -0.25) is 4.79 Å². The van der Waals surface area contributed by atoms with Crippen LogP contribution >= 0.6 is 24.0 Å². The van der Waals surface area contributed by atoms with Crippen LogP contribution in [-0.2, 0) is 28.9 Å². The summed E-state index contributed by atoms with van der Waals surface area (Å²) in [4.78, 5) is 15.7. The largest absolute Gasteiger partial charge is 0.469 e. The van der Waals surface area contributed by atoms with Crippen molar-refractivity contribution in [1.82, 2.24) is 15.8 Å². The SMILES string of the molecule is CCNC(=NCc1c(CC)noc1CC)NCCCCC(=O)OC.I. The molecular formula is C17H31IN4O3. The number of carbonyl (C=O) groups is 1. The van der Waals surface area contributed by atoms with Crippen molar-refractivity contribution in [3.8, 4) is 0 Å². The van der Waals surface area contributed by atoms with Gasteiger partial charge in [-0.25, -0.2) is 4.99 Å². The van der Waals surface area contributed by atoms with Crippen LogP contribution in [0, 0.1) is 0 Å². The van der Waals surface area contributed by atoms with Gasteiger partial charge < -0.3 is 19.9 Å². The molecule has 25 heavy (non-hydrogen) atoms. The molecule has 0 radical (unpaired) electrons. The second-order valence-corrected chi connectivity index (χ2v) is 5.39. The van der Waals surface area contributed by atoms with Crippen molar-refractivity contribution in [2.75, 3.05) is 20.2 Å². The maximum absolute atomic E-state index is 11.1. The predicted molar refractivity (Wildman–Crippen MR) is 109 cm³/mol. The van der Waals surface area contributed by atoms with E-state index in [2.05, 4.69) is 39.4 Å². The lowest BCUT2D eigenvalue weighted by atomic mass is 10.1. The Balaban J connectivity index is 0.00000576. The first kappa shape index (κ1) is 23.7. The summed E-state index contributed by atoms with van der Waals surface area (Å²) in [7, 11) is 1.41. The third-order valence-electron chi connectivity index (χ3n) is 3.67. The number of aliphatic imine (C=N–C) groups is 1. The van der Waals surface area contributed by atoms with Gasteiger partial charge in [0, 0.05) is 31.5 Å². The van der Waals surface area contributed by atoms with Crippen molar-refractivity contribution in [3.63, 3.8) is 0 Å². The van der Waals surface area contributed by atoms with Gasteiger partial charge in [0.15, 0.2) is 5.96 Å². The number of unbranched alkanes of at least 4 members (excludes halogenated alkanes) is 1. The van der Waals surface area contributed by atoms with Gasteiger partial charge in [-0.15, -0.1) is 24.0 Å². The molecule has 1 heterocycles. The molecule has 0 saturated heterocycles. The lowest BCUT2D eigenvalue weighted by Crippen LogP contribution is -2.37. The first-order valence-corrected chi connectivity index (χ1v) is 8.71. The highest BCUT2D eigenvalue weighted by molar-refractivity contribution is 14.0. The second kappa shape index (κ2) is 13.9. The van der Waals surface area contributed by atoms with Gasteiger partial charge in [-0.2, -0.15) is 0 Å². The number of methoxy groups -OCH3 is 1. The van der Waals surface area contributed by atoms with E-state index in [1.54, 1.807) is 0 Å². The maximum atomic E-state index is 11.1. The van der Waals surface area contributed by atoms with Crippen LogP contribution in [0.15, 0.2) is 9.52 Å². The zero-order valence-electron chi connectivity index (χ0n) is 15.7. The molecule has 0 aliphatic carbocycles. The zero-order valence-corrected chi connectivity index (χ0v) is 18.0. The Morgan fingerprint density at radius 3 is 2.56 bits per heavy atom. The quantitative estimate of drug-likeness (QED) is 0.181. The van der Waals surface area contributed by atoms with Gasteiger partial charge in [0.25, 0.3) is 0 Å². The van der Waals surface area contributed by atoms with Crippen molar-refractivity contribution < 1.29 is 14.1 Å². The standard InChI is InChI=1S/C17H30N4O3.HI/c1-5-14-13(15(6-2)24-21-14)12-20-17(18-7-3)19-11-9-8-10-16(22)23-4;/h5-12H2,1-4H3,(H2,18,19,20);1H. The number of esters is 1. The molecule has 2 N–H and O–H groups in total. The van der Waals surface area contributed by atoms with E-state index in [4.69, 9.17) is 4.52 Å². The summed E-state index contributed by atoms with van der Waals surface area (Å²) >= 11 is 0. The van der Waals surface area contributed by atoms with Gasteiger partial charge in [-0.05, 0) is 26.2 Å². The number of rotatable bonds is 10. The van der Waals surface area contributed by atoms with E-state index in [1.165, 1.54) is 7.11 Å². The lowest BCUT2D eigenvalue weighted by molar-refractivity contribution is -0.140. The normalized spacial score (nSPS) is 11.0. The topological polar surface area (TPSA) is 88.8 Å². The van der Waals surface area contributed by atoms with Crippen LogP contribution in [0.25, 0.3) is 0 Å². The van der Waals surface area contributed by atoms with Crippen molar-refractivity contribution in [2.45, 2.75) is 59.4 Å². The Morgan fingerprint density at radius 2 is 1.96 bits per heavy atom. The van der Waals surface area contributed by atoms with Crippen molar-refractivity contribution in [1.29, 1.82) is 0 Å². The Hall–Kier alpha value is -1.32. The summed E-state index contributed by atoms with van der Waals surface area (Å²) in [6.45, 7) is 8.25. The second-order valence-electron chi connectivity index (χ2n) is 5.39. The van der Waals surface area contributed by atoms with E-state index >= 15 is 0 Å². The highest BCUT2D eigenvalue weighted by atomic mass is 127. The summed E-state index contributed by atoms with van der Waals surface area (Å²) in [6, 6.07) is 0. The third-order valence-corrected chi connectivity index (χ3v) is 3.67. The van der Waals surface area contributed by atoms with Crippen molar-refractivity contribution >= 4 is 35.9 Å². The highest BCUT2D eigenvalue weighted by Gasteiger charge is 2.13. The lowest BCUT2D eigenvalue weighted by Gasteiger charge is -2.11. The van der Waals surface area contributed by atoms with Crippen LogP contribution in [0.3, 0.4) is 0 Å². The molecule has 0 atom stereocenters. The van der Waals surface area contributed by atoms with Crippen LogP contribution in [0.1, 0.15) is 57.1 Å². The average Bonchev–Trinajstić information content (AvgIpc) is 3.00. The Morgan fingerprint density at radius 1 is 1.20 bits per heavy atom.